The molecule has 1 N–H and O–H groups in total. The van der Waals surface area contributed by atoms with Crippen molar-refractivity contribution < 1.29 is 0 Å². The quantitative estimate of drug-likeness (QED) is 0.539. The number of hydrogen-bond acceptors (Lipinski definition) is 3. The molecule has 4 aromatic rings. The highest BCUT2D eigenvalue weighted by Gasteiger charge is 2.11. The van der Waals surface area contributed by atoms with Crippen molar-refractivity contribution in [1.82, 2.24) is 19.9 Å². The molecule has 0 saturated heterocycles. The fourth-order valence-electron chi connectivity index (χ4n) is 3.21. The van der Waals surface area contributed by atoms with Gasteiger partial charge in [-0.05, 0) is 30.5 Å². The highest BCUT2D eigenvalue weighted by molar-refractivity contribution is 5.93. The topological polar surface area (TPSA) is 54.5 Å². The third-order valence-electron chi connectivity index (χ3n) is 4.58. The molecule has 0 unspecified atom stereocenters. The Bertz CT molecular complexity index is 1010. The zero-order valence-electron chi connectivity index (χ0n) is 14.9. The van der Waals surface area contributed by atoms with E-state index in [0.29, 0.717) is 0 Å². The highest BCUT2D eigenvalue weighted by Crippen LogP contribution is 2.27. The molecule has 0 bridgehead atoms. The van der Waals surface area contributed by atoms with Crippen LogP contribution in [-0.4, -0.2) is 19.9 Å². The van der Waals surface area contributed by atoms with Crippen LogP contribution in [0.4, 0.5) is 0 Å². The molecule has 0 aliphatic heterocycles. The predicted molar refractivity (Wildman–Crippen MR) is 105 cm³/mol. The molecule has 130 valence electrons. The van der Waals surface area contributed by atoms with Gasteiger partial charge in [0.05, 0.1) is 5.69 Å². The van der Waals surface area contributed by atoms with E-state index < -0.39 is 0 Å². The smallest absolute Gasteiger partial charge is 0.133 e. The van der Waals surface area contributed by atoms with Gasteiger partial charge in [-0.3, -0.25) is 4.98 Å². The number of nitrogens with one attached hydrogen (secondary N) is 1. The third-order valence-corrected chi connectivity index (χ3v) is 4.58. The first-order valence-corrected chi connectivity index (χ1v) is 9.15. The second kappa shape index (κ2) is 7.48. The molecule has 0 spiro atoms. The van der Waals surface area contributed by atoms with E-state index in [1.54, 1.807) is 6.20 Å². The summed E-state index contributed by atoms with van der Waals surface area (Å²) in [6.07, 6.45) is 9.73. The minimum Gasteiger partial charge on any atom is -0.360 e. The number of pyridine rings is 1. The Morgan fingerprint density at radius 2 is 1.92 bits per heavy atom. The average molecular weight is 342 g/mol. The van der Waals surface area contributed by atoms with Gasteiger partial charge in [-0.15, -0.1) is 0 Å². The molecule has 0 amide bonds. The van der Waals surface area contributed by atoms with E-state index in [9.17, 15) is 0 Å². The van der Waals surface area contributed by atoms with E-state index in [1.165, 1.54) is 5.56 Å². The van der Waals surface area contributed by atoms with E-state index in [4.69, 9.17) is 9.97 Å². The fraction of sp³-hybridized carbons (Fsp3) is 0.227. The lowest BCUT2D eigenvalue weighted by molar-refractivity contribution is 0.764. The number of rotatable bonds is 6. The van der Waals surface area contributed by atoms with Gasteiger partial charge >= 0.3 is 0 Å². The van der Waals surface area contributed by atoms with Gasteiger partial charge in [-0.2, -0.15) is 0 Å². The molecule has 0 aliphatic rings. The SMILES string of the molecule is CCCCc1cc(-c2c[nH]c3ccncc23)nc(Cc2ccccc2)n1. The van der Waals surface area contributed by atoms with Gasteiger partial charge in [-0.1, -0.05) is 43.7 Å². The lowest BCUT2D eigenvalue weighted by Gasteiger charge is -2.08. The van der Waals surface area contributed by atoms with Crippen molar-refractivity contribution in [3.8, 4) is 11.3 Å². The molecule has 0 saturated carbocycles. The van der Waals surface area contributed by atoms with Crippen LogP contribution in [0.15, 0.2) is 61.1 Å². The molecule has 26 heavy (non-hydrogen) atoms. The van der Waals surface area contributed by atoms with Gasteiger partial charge in [0.15, 0.2) is 0 Å². The standard InChI is InChI=1S/C22H22N4/c1-2-3-9-17-13-21(19-15-24-20-10-11-23-14-18(19)20)26-22(25-17)12-16-7-5-4-6-8-16/h4-8,10-11,13-15,24H,2-3,9,12H2,1H3. The molecule has 4 nitrogen and oxygen atoms in total. The van der Waals surface area contributed by atoms with Gasteiger partial charge in [0, 0.05) is 47.2 Å². The summed E-state index contributed by atoms with van der Waals surface area (Å²) in [5.41, 5.74) is 5.47. The van der Waals surface area contributed by atoms with E-state index in [1.807, 2.05) is 24.5 Å². The predicted octanol–water partition coefficient (Wildman–Crippen LogP) is 4.95. The molecule has 3 heterocycles. The van der Waals surface area contributed by atoms with Gasteiger partial charge < -0.3 is 4.98 Å². The Labute approximate surface area is 153 Å². The Hall–Kier alpha value is -3.01. The molecule has 4 rings (SSSR count). The summed E-state index contributed by atoms with van der Waals surface area (Å²) in [7, 11) is 0. The summed E-state index contributed by atoms with van der Waals surface area (Å²) >= 11 is 0. The number of fused-ring (bicyclic) bond motifs is 1. The Morgan fingerprint density at radius 1 is 1.04 bits per heavy atom. The van der Waals surface area contributed by atoms with Crippen LogP contribution in [0.2, 0.25) is 0 Å². The second-order valence-corrected chi connectivity index (χ2v) is 6.55. The molecule has 3 aromatic heterocycles. The highest BCUT2D eigenvalue weighted by atomic mass is 14.9. The van der Waals surface area contributed by atoms with Crippen LogP contribution in [0.1, 0.15) is 36.8 Å². The molecular formula is C22H22N4. The van der Waals surface area contributed by atoms with Gasteiger partial charge in [-0.25, -0.2) is 9.97 Å². The Balaban J connectivity index is 1.76. The first-order chi connectivity index (χ1) is 12.8. The number of nitrogens with zero attached hydrogens (tertiary/aromatic N) is 3. The van der Waals surface area contributed by atoms with Crippen molar-refractivity contribution in [2.45, 2.75) is 32.6 Å². The second-order valence-electron chi connectivity index (χ2n) is 6.55. The summed E-state index contributed by atoms with van der Waals surface area (Å²) in [5.74, 6) is 0.873. The summed E-state index contributed by atoms with van der Waals surface area (Å²) in [6, 6.07) is 14.5. The summed E-state index contributed by atoms with van der Waals surface area (Å²) in [4.78, 5) is 17.3. The van der Waals surface area contributed by atoms with E-state index in [2.05, 4.69) is 47.2 Å². The number of benzene rings is 1. The molecule has 0 atom stereocenters. The summed E-state index contributed by atoms with van der Waals surface area (Å²) in [6.45, 7) is 2.21. The van der Waals surface area contributed by atoms with Crippen molar-refractivity contribution >= 4 is 10.9 Å². The Kier molecular flexibility index (Phi) is 4.73. The molecule has 1 aromatic carbocycles. The van der Waals surface area contributed by atoms with Crippen LogP contribution in [0.25, 0.3) is 22.2 Å². The number of H-pyrrole nitrogens is 1. The molecular weight excluding hydrogens is 320 g/mol. The zero-order chi connectivity index (χ0) is 17.8. The molecule has 4 heteroatoms. The normalized spacial score (nSPS) is 11.1. The van der Waals surface area contributed by atoms with Crippen molar-refractivity contribution in [3.05, 3.63) is 78.1 Å². The van der Waals surface area contributed by atoms with Crippen LogP contribution in [0.3, 0.4) is 0 Å². The lowest BCUT2D eigenvalue weighted by atomic mass is 10.1. The largest absolute Gasteiger partial charge is 0.360 e. The maximum atomic E-state index is 4.87. The van der Waals surface area contributed by atoms with Crippen LogP contribution < -0.4 is 0 Å². The van der Waals surface area contributed by atoms with Crippen LogP contribution in [0.5, 0.6) is 0 Å². The van der Waals surface area contributed by atoms with Crippen molar-refractivity contribution in [2.24, 2.45) is 0 Å². The van der Waals surface area contributed by atoms with Crippen molar-refractivity contribution in [3.63, 3.8) is 0 Å². The number of aryl methyl sites for hydroxylation is 1. The summed E-state index contributed by atoms with van der Waals surface area (Å²) < 4.78 is 0. The van der Waals surface area contributed by atoms with Gasteiger partial charge in [0.1, 0.15) is 5.82 Å². The van der Waals surface area contributed by atoms with E-state index >= 15 is 0 Å². The zero-order valence-corrected chi connectivity index (χ0v) is 14.9. The number of hydrogen-bond donors (Lipinski definition) is 1. The average Bonchev–Trinajstić information content (AvgIpc) is 3.11. The van der Waals surface area contributed by atoms with E-state index in [-0.39, 0.29) is 0 Å². The van der Waals surface area contributed by atoms with Crippen molar-refractivity contribution in [1.29, 1.82) is 0 Å². The molecule has 0 aliphatic carbocycles. The minimum absolute atomic E-state index is 0.744. The van der Waals surface area contributed by atoms with Gasteiger partial charge in [0.25, 0.3) is 0 Å². The molecule has 0 radical (unpaired) electrons. The van der Waals surface area contributed by atoms with E-state index in [0.717, 1.165) is 59.4 Å². The first kappa shape index (κ1) is 16.5. The van der Waals surface area contributed by atoms with Gasteiger partial charge in [0.2, 0.25) is 0 Å². The monoisotopic (exact) mass is 342 g/mol. The fourth-order valence-corrected chi connectivity index (χ4v) is 3.21. The van der Waals surface area contributed by atoms with Crippen LogP contribution in [-0.2, 0) is 12.8 Å². The van der Waals surface area contributed by atoms with Crippen LogP contribution in [0, 0.1) is 0 Å². The lowest BCUT2D eigenvalue weighted by Crippen LogP contribution is -2.03. The maximum absolute atomic E-state index is 4.87. The first-order valence-electron chi connectivity index (χ1n) is 9.15. The van der Waals surface area contributed by atoms with Crippen LogP contribution >= 0.6 is 0 Å². The van der Waals surface area contributed by atoms with Crippen molar-refractivity contribution in [2.75, 3.05) is 0 Å². The Morgan fingerprint density at radius 3 is 2.77 bits per heavy atom. The minimum atomic E-state index is 0.744. The number of unbranched alkanes of at least 4 members (excludes halogenated alkanes) is 1. The molecule has 0 fully saturated rings. The summed E-state index contributed by atoms with van der Waals surface area (Å²) in [5, 5.41) is 1.10. The maximum Gasteiger partial charge on any atom is 0.133 e. The third kappa shape index (κ3) is 3.49. The number of aromatic nitrogens is 4. The number of aromatic amines is 1.